The molecule has 31 heavy (non-hydrogen) atoms. The van der Waals surface area contributed by atoms with E-state index < -0.39 is 24.0 Å². The summed E-state index contributed by atoms with van der Waals surface area (Å²) in [5.74, 6) is -1.77. The quantitative estimate of drug-likeness (QED) is 0.353. The Balaban J connectivity index is 1.55. The second kappa shape index (κ2) is 8.16. The van der Waals surface area contributed by atoms with Crippen LogP contribution in [0.4, 0.5) is 22.7 Å². The van der Waals surface area contributed by atoms with Crippen molar-refractivity contribution in [3.05, 3.63) is 65.9 Å². The minimum Gasteiger partial charge on any atom is -0.375 e. The Kier molecular flexibility index (Phi) is 5.54. The van der Waals surface area contributed by atoms with Crippen molar-refractivity contribution in [2.45, 2.75) is 25.1 Å². The van der Waals surface area contributed by atoms with Crippen molar-refractivity contribution in [2.75, 3.05) is 5.73 Å². The van der Waals surface area contributed by atoms with Crippen LogP contribution in [0.2, 0.25) is 0 Å². The summed E-state index contributed by atoms with van der Waals surface area (Å²) in [6, 6.07) is 6.43. The summed E-state index contributed by atoms with van der Waals surface area (Å²) in [4.78, 5) is 15.5. The molecule has 3 aromatic heterocycles. The Hall–Kier alpha value is -3.18. The van der Waals surface area contributed by atoms with Crippen LogP contribution < -0.4 is 11.5 Å². The van der Waals surface area contributed by atoms with Crippen molar-refractivity contribution in [1.82, 2.24) is 19.9 Å². The number of aromatic nitrogens is 4. The predicted molar refractivity (Wildman–Crippen MR) is 110 cm³/mol. The predicted octanol–water partition coefficient (Wildman–Crippen LogP) is 4.00. The number of nitrogen functional groups attached to an aromatic ring is 1. The zero-order chi connectivity index (χ0) is 22.2. The van der Waals surface area contributed by atoms with Crippen molar-refractivity contribution < 1.29 is 17.6 Å². The Bertz CT molecular complexity index is 1220. The number of hydrogen-bond acceptors (Lipinski definition) is 7. The average molecular weight is 448 g/mol. The number of pyridine rings is 1. The van der Waals surface area contributed by atoms with Crippen LogP contribution in [0, 0.1) is 5.95 Å². The zero-order valence-corrected chi connectivity index (χ0v) is 16.7. The van der Waals surface area contributed by atoms with Crippen molar-refractivity contribution in [1.29, 1.82) is 0 Å². The summed E-state index contributed by atoms with van der Waals surface area (Å²) in [6.45, 7) is 0. The van der Waals surface area contributed by atoms with Gasteiger partial charge in [0, 0.05) is 42.5 Å². The summed E-state index contributed by atoms with van der Waals surface area (Å²) in [5, 5.41) is 1.84. The maximum Gasteiger partial charge on any atom is 0.451 e. The molecule has 4 aromatic rings. The number of hydrogen-bond donors (Lipinski definition) is 2. The van der Waals surface area contributed by atoms with E-state index >= 15 is 0 Å². The lowest BCUT2D eigenvalue weighted by atomic mass is 10.0. The summed E-state index contributed by atoms with van der Waals surface area (Å²) < 4.78 is 51.3. The largest absolute Gasteiger partial charge is 0.451 e. The Morgan fingerprint density at radius 3 is 2.42 bits per heavy atom. The molecule has 0 radical (unpaired) electrons. The molecule has 3 heterocycles. The van der Waals surface area contributed by atoms with Gasteiger partial charge in [-0.1, -0.05) is 23.5 Å². The third-order valence-corrected chi connectivity index (χ3v) is 5.55. The van der Waals surface area contributed by atoms with Crippen LogP contribution in [0.1, 0.15) is 17.1 Å². The molecule has 0 aliphatic rings. The second-order valence-corrected chi connectivity index (χ2v) is 8.01. The molecule has 0 spiro atoms. The number of alkyl halides is 3. The van der Waals surface area contributed by atoms with E-state index in [0.717, 1.165) is 28.2 Å². The van der Waals surface area contributed by atoms with Gasteiger partial charge in [-0.3, -0.25) is 0 Å². The van der Waals surface area contributed by atoms with Gasteiger partial charge >= 0.3 is 6.18 Å². The monoisotopic (exact) mass is 448 g/mol. The van der Waals surface area contributed by atoms with Gasteiger partial charge in [0.1, 0.15) is 0 Å². The molecule has 0 amide bonds. The maximum atomic E-state index is 13.5. The van der Waals surface area contributed by atoms with Crippen molar-refractivity contribution in [3.63, 3.8) is 0 Å². The molecule has 0 unspecified atom stereocenters. The van der Waals surface area contributed by atoms with E-state index in [2.05, 4.69) is 19.9 Å². The number of nitrogens with two attached hydrogens (primary N) is 2. The fourth-order valence-corrected chi connectivity index (χ4v) is 4.08. The van der Waals surface area contributed by atoms with Gasteiger partial charge in [-0.25, -0.2) is 19.9 Å². The van der Waals surface area contributed by atoms with Crippen LogP contribution in [-0.2, 0) is 19.0 Å². The Morgan fingerprint density at radius 1 is 0.968 bits per heavy atom. The maximum absolute atomic E-state index is 13.5. The van der Waals surface area contributed by atoms with Crippen LogP contribution in [-0.4, -0.2) is 26.0 Å². The van der Waals surface area contributed by atoms with Gasteiger partial charge in [-0.15, -0.1) is 0 Å². The second-order valence-electron chi connectivity index (χ2n) is 6.98. The number of fused-ring (bicyclic) bond motifs is 1. The van der Waals surface area contributed by atoms with E-state index in [9.17, 15) is 17.6 Å². The lowest BCUT2D eigenvalue weighted by Crippen LogP contribution is -2.26. The Labute approximate surface area is 178 Å². The third kappa shape index (κ3) is 4.78. The molecular weight excluding hydrogens is 432 g/mol. The van der Waals surface area contributed by atoms with Crippen LogP contribution in [0.3, 0.4) is 0 Å². The normalized spacial score (nSPS) is 12.9. The van der Waals surface area contributed by atoms with Gasteiger partial charge in [-0.2, -0.15) is 17.6 Å². The highest BCUT2D eigenvalue weighted by atomic mass is 32.1. The highest BCUT2D eigenvalue weighted by Gasteiger charge is 2.34. The molecule has 0 aliphatic heterocycles. The minimum absolute atomic E-state index is 0.267. The van der Waals surface area contributed by atoms with Crippen LogP contribution in [0.15, 0.2) is 42.9 Å². The van der Waals surface area contributed by atoms with E-state index in [0.29, 0.717) is 28.2 Å². The molecule has 1 atom stereocenters. The fraction of sp³-hybridized carbons (Fsp3) is 0.200. The van der Waals surface area contributed by atoms with E-state index in [1.807, 2.05) is 18.2 Å². The zero-order valence-electron chi connectivity index (χ0n) is 15.9. The number of anilines is 1. The standard InChI is InChI=1S/C20H16F4N6S/c21-16-5-13-4-11(1-2-12(13)9-27-16)17-15(30-19(26)31-17)6-14(25)3-10-7-28-18(29-8-10)20(22,23)24/h1-2,4-5,7-9,14H,3,6,25H2,(H2,26,30)/t14-/m0/s1. The minimum atomic E-state index is -4.59. The summed E-state index contributed by atoms with van der Waals surface area (Å²) in [5.41, 5.74) is 14.1. The van der Waals surface area contributed by atoms with E-state index in [4.69, 9.17) is 11.5 Å². The molecule has 0 bridgehead atoms. The first-order valence-corrected chi connectivity index (χ1v) is 9.95. The van der Waals surface area contributed by atoms with Gasteiger partial charge < -0.3 is 11.5 Å². The van der Waals surface area contributed by atoms with Crippen molar-refractivity contribution in [2.24, 2.45) is 5.73 Å². The lowest BCUT2D eigenvalue weighted by Gasteiger charge is -2.12. The SMILES string of the molecule is Nc1nc(C[C@@H](N)Cc2cnc(C(F)(F)F)nc2)c(-c2ccc3cnc(F)cc3c2)s1. The number of halogens is 4. The van der Waals surface area contributed by atoms with Gasteiger partial charge in [-0.05, 0) is 29.0 Å². The van der Waals surface area contributed by atoms with Gasteiger partial charge in [0.05, 0.1) is 10.6 Å². The molecule has 4 rings (SSSR count). The van der Waals surface area contributed by atoms with Crippen LogP contribution in [0.25, 0.3) is 21.2 Å². The first-order valence-electron chi connectivity index (χ1n) is 9.13. The molecule has 0 saturated carbocycles. The van der Waals surface area contributed by atoms with Crippen LogP contribution >= 0.6 is 11.3 Å². The summed E-state index contributed by atoms with van der Waals surface area (Å²) in [6.07, 6.45) is -0.281. The number of thiazole rings is 1. The molecule has 0 aliphatic carbocycles. The van der Waals surface area contributed by atoms with Crippen molar-refractivity contribution in [3.8, 4) is 10.4 Å². The first-order chi connectivity index (χ1) is 14.7. The molecule has 6 nitrogen and oxygen atoms in total. The molecule has 160 valence electrons. The topological polar surface area (TPSA) is 104 Å². The molecule has 4 N–H and O–H groups in total. The number of rotatable bonds is 5. The molecule has 0 fully saturated rings. The first kappa shape index (κ1) is 21.1. The molecule has 0 saturated heterocycles. The van der Waals surface area contributed by atoms with E-state index in [1.165, 1.54) is 23.6 Å². The molecule has 1 aromatic carbocycles. The highest BCUT2D eigenvalue weighted by molar-refractivity contribution is 7.18. The summed E-state index contributed by atoms with van der Waals surface area (Å²) in [7, 11) is 0. The van der Waals surface area contributed by atoms with Gasteiger partial charge in [0.25, 0.3) is 0 Å². The average Bonchev–Trinajstić information content (AvgIpc) is 3.07. The van der Waals surface area contributed by atoms with Gasteiger partial charge in [0.15, 0.2) is 5.13 Å². The van der Waals surface area contributed by atoms with Crippen LogP contribution in [0.5, 0.6) is 0 Å². The highest BCUT2D eigenvalue weighted by Crippen LogP contribution is 2.34. The van der Waals surface area contributed by atoms with Gasteiger partial charge in [0.2, 0.25) is 11.8 Å². The van der Waals surface area contributed by atoms with E-state index in [1.54, 1.807) is 0 Å². The fourth-order valence-electron chi connectivity index (χ4n) is 3.22. The Morgan fingerprint density at radius 2 is 1.71 bits per heavy atom. The smallest absolute Gasteiger partial charge is 0.375 e. The van der Waals surface area contributed by atoms with Crippen molar-refractivity contribution >= 4 is 27.2 Å². The van der Waals surface area contributed by atoms with E-state index in [-0.39, 0.29) is 6.42 Å². The third-order valence-electron chi connectivity index (χ3n) is 4.58. The number of benzene rings is 1. The number of nitrogens with zero attached hydrogens (tertiary/aromatic N) is 4. The molecular formula is C20H16F4N6S. The lowest BCUT2D eigenvalue weighted by molar-refractivity contribution is -0.145. The molecule has 11 heteroatoms. The summed E-state index contributed by atoms with van der Waals surface area (Å²) >= 11 is 1.29.